The number of hydrogen-bond donors (Lipinski definition) is 3. The molecule has 0 fully saturated rings. The summed E-state index contributed by atoms with van der Waals surface area (Å²) < 4.78 is 0. The molecule has 0 bridgehead atoms. The van der Waals surface area contributed by atoms with E-state index in [9.17, 15) is 15.0 Å². The predicted molar refractivity (Wildman–Crippen MR) is 172 cm³/mol. The number of allylic oxidation sites excluding steroid dienone is 2. The van der Waals surface area contributed by atoms with Crippen molar-refractivity contribution in [2.45, 2.75) is 59.1 Å². The van der Waals surface area contributed by atoms with Crippen molar-refractivity contribution in [3.05, 3.63) is 119 Å². The average Bonchev–Trinajstić information content (AvgIpc) is 2.98. The molecule has 7 nitrogen and oxygen atoms in total. The molecule has 3 rings (SSSR count). The number of aldehydes is 1. The number of amidine groups is 2. The van der Waals surface area contributed by atoms with Gasteiger partial charge in [0.25, 0.3) is 0 Å². The third-order valence-electron chi connectivity index (χ3n) is 7.09. The molecule has 0 aliphatic heterocycles. The number of nitrogens with zero attached hydrogens (tertiary/aromatic N) is 3. The van der Waals surface area contributed by atoms with E-state index in [1.165, 1.54) is 0 Å². The second kappa shape index (κ2) is 15.5. The topological polar surface area (TPSA) is 112 Å². The molecule has 42 heavy (non-hydrogen) atoms. The van der Waals surface area contributed by atoms with Crippen LogP contribution in [0.1, 0.15) is 68.4 Å². The minimum absolute atomic E-state index is 0.183. The van der Waals surface area contributed by atoms with E-state index in [2.05, 4.69) is 23.4 Å². The molecular weight excluding hydrogens is 524 g/mol. The second-order valence-electron chi connectivity index (χ2n) is 10.5. The summed E-state index contributed by atoms with van der Waals surface area (Å²) in [5.41, 5.74) is 13.0. The second-order valence-corrected chi connectivity index (χ2v) is 10.5. The van der Waals surface area contributed by atoms with Crippen molar-refractivity contribution in [1.29, 1.82) is 0 Å². The Hall–Kier alpha value is -4.49. The van der Waals surface area contributed by atoms with Gasteiger partial charge < -0.3 is 20.8 Å². The highest BCUT2D eigenvalue weighted by molar-refractivity contribution is 6.03. The van der Waals surface area contributed by atoms with Crippen molar-refractivity contribution in [3.8, 4) is 11.1 Å². The van der Waals surface area contributed by atoms with Crippen LogP contribution in [-0.4, -0.2) is 40.1 Å². The molecule has 0 aliphatic rings. The highest BCUT2D eigenvalue weighted by Crippen LogP contribution is 2.26. The molecule has 3 aromatic rings. The van der Waals surface area contributed by atoms with Gasteiger partial charge in [-0.1, -0.05) is 86.1 Å². The van der Waals surface area contributed by atoms with Crippen LogP contribution >= 0.6 is 0 Å². The molecule has 0 aliphatic carbocycles. The molecule has 1 atom stereocenters. The zero-order chi connectivity index (χ0) is 30.6. The average molecular weight is 567 g/mol. The first-order chi connectivity index (χ1) is 20.1. The summed E-state index contributed by atoms with van der Waals surface area (Å²) in [7, 11) is 1.98. The van der Waals surface area contributed by atoms with Gasteiger partial charge in [-0.2, -0.15) is 4.99 Å². The number of carbonyl (C=O) groups is 1. The number of aliphatic hydroxyl groups excluding tert-OH is 2. The molecule has 4 N–H and O–H groups in total. The maximum absolute atomic E-state index is 12.3. The number of carbonyl (C=O) groups excluding carboxylic acids is 1. The number of rotatable bonds is 13. The largest absolute Gasteiger partial charge is 0.494 e. The molecule has 0 heterocycles. The van der Waals surface area contributed by atoms with Crippen LogP contribution in [0.4, 0.5) is 0 Å². The first kappa shape index (κ1) is 32.0. The molecule has 1 unspecified atom stereocenters. The fourth-order valence-electron chi connectivity index (χ4n) is 4.64. The first-order valence-electron chi connectivity index (χ1n) is 14.2. The van der Waals surface area contributed by atoms with Gasteiger partial charge in [0, 0.05) is 36.8 Å². The highest BCUT2D eigenvalue weighted by atomic mass is 16.3. The number of aliphatic imine (C=N–C) groups is 2. The van der Waals surface area contributed by atoms with Gasteiger partial charge in [-0.3, -0.25) is 4.79 Å². The Morgan fingerprint density at radius 2 is 1.76 bits per heavy atom. The fourth-order valence-corrected chi connectivity index (χ4v) is 4.64. The van der Waals surface area contributed by atoms with E-state index in [1.54, 1.807) is 6.92 Å². The van der Waals surface area contributed by atoms with E-state index >= 15 is 0 Å². The van der Waals surface area contributed by atoms with E-state index in [0.717, 1.165) is 58.5 Å². The summed E-state index contributed by atoms with van der Waals surface area (Å²) in [6, 6.07) is 23.5. The fraction of sp³-hybridized carbons (Fsp3) is 0.286. The van der Waals surface area contributed by atoms with E-state index in [4.69, 9.17) is 10.7 Å². The van der Waals surface area contributed by atoms with E-state index in [0.29, 0.717) is 30.5 Å². The molecule has 0 saturated heterocycles. The zero-order valence-electron chi connectivity index (χ0n) is 25.0. The summed E-state index contributed by atoms with van der Waals surface area (Å²) in [5.74, 6) is 0.654. The van der Waals surface area contributed by atoms with Crippen molar-refractivity contribution >= 4 is 18.0 Å². The van der Waals surface area contributed by atoms with Crippen LogP contribution in [0.25, 0.3) is 11.1 Å². The Labute approximate surface area is 249 Å². The number of aliphatic hydroxyl groups is 2. The molecule has 0 saturated carbocycles. The lowest BCUT2D eigenvalue weighted by molar-refractivity contribution is -0.105. The van der Waals surface area contributed by atoms with Crippen molar-refractivity contribution in [1.82, 2.24) is 4.90 Å². The van der Waals surface area contributed by atoms with Crippen LogP contribution in [0.15, 0.2) is 107 Å². The Morgan fingerprint density at radius 1 is 1.05 bits per heavy atom. The summed E-state index contributed by atoms with van der Waals surface area (Å²) in [6.07, 6.45) is 3.52. The van der Waals surface area contributed by atoms with E-state index in [-0.39, 0.29) is 11.7 Å². The molecule has 0 aromatic heterocycles. The highest BCUT2D eigenvalue weighted by Gasteiger charge is 2.12. The van der Waals surface area contributed by atoms with Gasteiger partial charge in [-0.05, 0) is 61.1 Å². The van der Waals surface area contributed by atoms with E-state index in [1.807, 2.05) is 86.8 Å². The van der Waals surface area contributed by atoms with Crippen molar-refractivity contribution in [2.75, 3.05) is 7.05 Å². The molecule has 220 valence electrons. The Bertz CT molecular complexity index is 1470. The van der Waals surface area contributed by atoms with Gasteiger partial charge >= 0.3 is 0 Å². The van der Waals surface area contributed by atoms with Gasteiger partial charge in [0.2, 0.25) is 5.88 Å². The Kier molecular flexibility index (Phi) is 11.8. The van der Waals surface area contributed by atoms with Crippen LogP contribution in [0, 0.1) is 0 Å². The summed E-state index contributed by atoms with van der Waals surface area (Å²) in [4.78, 5) is 23.2. The number of hydrogen-bond acceptors (Lipinski definition) is 5. The van der Waals surface area contributed by atoms with E-state index < -0.39 is 6.10 Å². The van der Waals surface area contributed by atoms with Crippen LogP contribution in [0.3, 0.4) is 0 Å². The zero-order valence-corrected chi connectivity index (χ0v) is 25.0. The first-order valence-corrected chi connectivity index (χ1v) is 14.2. The van der Waals surface area contributed by atoms with Crippen molar-refractivity contribution < 1.29 is 15.0 Å². The Balaban J connectivity index is 1.86. The van der Waals surface area contributed by atoms with Crippen molar-refractivity contribution in [3.63, 3.8) is 0 Å². The third-order valence-corrected chi connectivity index (χ3v) is 7.09. The normalized spacial score (nSPS) is 13.4. The minimum atomic E-state index is -0.522. The molecule has 7 heteroatoms. The summed E-state index contributed by atoms with van der Waals surface area (Å²) in [5, 5.41) is 19.4. The maximum Gasteiger partial charge on any atom is 0.205 e. The maximum atomic E-state index is 12.3. The SMILES string of the molecule is C=C(O)/N=C(\N)c1ccccc1-c1ccc(C/C(C=O)=C(\CCCC)N=C(C)N(C)Cc2cccc(C(C)O)c2)cc1. The lowest BCUT2D eigenvalue weighted by Crippen LogP contribution is -2.24. The van der Waals surface area contributed by atoms with Crippen LogP contribution < -0.4 is 5.73 Å². The third kappa shape index (κ3) is 9.01. The lowest BCUT2D eigenvalue weighted by Gasteiger charge is -2.20. The number of nitrogens with two attached hydrogens (primary N) is 1. The quantitative estimate of drug-likeness (QED) is 0.0687. The van der Waals surface area contributed by atoms with Crippen LogP contribution in [0.2, 0.25) is 0 Å². The van der Waals surface area contributed by atoms with Gasteiger partial charge in [-0.15, -0.1) is 0 Å². The summed E-state index contributed by atoms with van der Waals surface area (Å²) >= 11 is 0. The van der Waals surface area contributed by atoms with Crippen LogP contribution in [0.5, 0.6) is 0 Å². The van der Waals surface area contributed by atoms with Crippen LogP contribution in [-0.2, 0) is 17.8 Å². The van der Waals surface area contributed by atoms with Crippen molar-refractivity contribution in [2.24, 2.45) is 15.7 Å². The number of benzene rings is 3. The summed E-state index contributed by atoms with van der Waals surface area (Å²) in [6.45, 7) is 9.87. The molecule has 0 amide bonds. The number of unbranched alkanes of at least 4 members (excludes halogenated alkanes) is 1. The molecule has 0 spiro atoms. The lowest BCUT2D eigenvalue weighted by atomic mass is 9.96. The van der Waals surface area contributed by atoms with Gasteiger partial charge in [-0.25, -0.2) is 4.99 Å². The Morgan fingerprint density at radius 3 is 2.40 bits per heavy atom. The minimum Gasteiger partial charge on any atom is -0.494 e. The van der Waals surface area contributed by atoms with Gasteiger partial charge in [0.05, 0.1) is 6.10 Å². The predicted octanol–water partition coefficient (Wildman–Crippen LogP) is 6.88. The molecule has 0 radical (unpaired) electrons. The van der Waals surface area contributed by atoms with Gasteiger partial charge in [0.15, 0.2) is 0 Å². The van der Waals surface area contributed by atoms with Gasteiger partial charge in [0.1, 0.15) is 18.0 Å². The molecular formula is C35H42N4O3. The molecule has 3 aromatic carbocycles. The smallest absolute Gasteiger partial charge is 0.205 e. The standard InChI is InChI=1S/C35H42N4O3/c1-6-7-15-34(37-25(3)39(5)22-28-11-10-12-30(21-28)24(2)41)31(23-40)20-27-16-18-29(19-17-27)32-13-8-9-14-33(32)35(36)38-26(4)42/h8-14,16-19,21,23-24,41-42H,4,6-7,15,20,22H2,1-3,5H3,(H2,36,38)/b34-31-,37-25?. The monoisotopic (exact) mass is 566 g/mol.